The molecule has 2 aromatic carbocycles. The minimum Gasteiger partial charge on any atom is -0.369 e. The highest BCUT2D eigenvalue weighted by molar-refractivity contribution is 5.99. The van der Waals surface area contributed by atoms with E-state index in [2.05, 4.69) is 41.5 Å². The van der Waals surface area contributed by atoms with Crippen LogP contribution < -0.4 is 15.8 Å². The first kappa shape index (κ1) is 19.4. The number of hydrogen-bond acceptors (Lipinski definition) is 4. The number of aromatic nitrogens is 1. The second-order valence-electron chi connectivity index (χ2n) is 6.72. The molecule has 0 saturated carbocycles. The fraction of sp³-hybridized carbons (Fsp3) is 0.227. The van der Waals surface area contributed by atoms with Gasteiger partial charge >= 0.3 is 0 Å². The molecule has 0 aliphatic heterocycles. The molecule has 3 rings (SSSR count). The third-order valence-electron chi connectivity index (χ3n) is 4.55. The van der Waals surface area contributed by atoms with Crippen LogP contribution in [0.2, 0.25) is 0 Å². The average Bonchev–Trinajstić information content (AvgIpc) is 2.72. The van der Waals surface area contributed by atoms with Crippen molar-refractivity contribution in [3.8, 4) is 0 Å². The lowest BCUT2D eigenvalue weighted by Crippen LogP contribution is -2.42. The van der Waals surface area contributed by atoms with Crippen LogP contribution in [0.15, 0.2) is 60.7 Å². The quantitative estimate of drug-likeness (QED) is 0.668. The third-order valence-corrected chi connectivity index (χ3v) is 4.55. The fourth-order valence-corrected chi connectivity index (χ4v) is 3.09. The van der Waals surface area contributed by atoms with Gasteiger partial charge in [-0.25, -0.2) is 4.98 Å². The molecule has 0 saturated heterocycles. The number of nitrogens with one attached hydrogen (secondary N) is 2. The maximum absolute atomic E-state index is 12.3. The van der Waals surface area contributed by atoms with Crippen LogP contribution in [-0.2, 0) is 0 Å². The van der Waals surface area contributed by atoms with Crippen molar-refractivity contribution in [2.75, 3.05) is 11.4 Å². The van der Waals surface area contributed by atoms with Crippen LogP contribution in [0.5, 0.6) is 0 Å². The van der Waals surface area contributed by atoms with Gasteiger partial charge in [-0.1, -0.05) is 24.3 Å². The Kier molecular flexibility index (Phi) is 5.89. The molecule has 2 N–H and O–H groups in total. The number of amides is 2. The Hall–Kier alpha value is -3.41. The van der Waals surface area contributed by atoms with E-state index >= 15 is 0 Å². The SMILES string of the molecule is CCN(c1ccc(C(=O)NNC(=O)c2ccc3ccccc3n2)cc1)C(C)C. The summed E-state index contributed by atoms with van der Waals surface area (Å²) in [4.78, 5) is 31.1. The molecule has 0 atom stereocenters. The Morgan fingerprint density at radius 3 is 2.29 bits per heavy atom. The Balaban J connectivity index is 1.63. The molecular formula is C22H24N4O2. The molecule has 0 radical (unpaired) electrons. The van der Waals surface area contributed by atoms with Crippen LogP contribution >= 0.6 is 0 Å². The summed E-state index contributed by atoms with van der Waals surface area (Å²) in [6.07, 6.45) is 0. The molecule has 28 heavy (non-hydrogen) atoms. The van der Waals surface area contributed by atoms with Crippen molar-refractivity contribution in [3.63, 3.8) is 0 Å². The highest BCUT2D eigenvalue weighted by Gasteiger charge is 2.12. The molecule has 0 aliphatic rings. The van der Waals surface area contributed by atoms with Crippen molar-refractivity contribution in [2.24, 2.45) is 0 Å². The summed E-state index contributed by atoms with van der Waals surface area (Å²) in [6, 6.07) is 18.7. The maximum atomic E-state index is 12.3. The van der Waals surface area contributed by atoms with Crippen LogP contribution in [0.25, 0.3) is 10.9 Å². The van der Waals surface area contributed by atoms with Gasteiger partial charge in [-0.15, -0.1) is 0 Å². The van der Waals surface area contributed by atoms with Crippen LogP contribution in [-0.4, -0.2) is 29.4 Å². The number of benzene rings is 2. The molecule has 0 spiro atoms. The van der Waals surface area contributed by atoms with E-state index in [9.17, 15) is 9.59 Å². The Bertz CT molecular complexity index is 983. The van der Waals surface area contributed by atoms with Crippen LogP contribution in [0.4, 0.5) is 5.69 Å². The normalized spacial score (nSPS) is 10.7. The summed E-state index contributed by atoms with van der Waals surface area (Å²) >= 11 is 0. The van der Waals surface area contributed by atoms with E-state index in [1.54, 1.807) is 18.2 Å². The van der Waals surface area contributed by atoms with Gasteiger partial charge in [-0.2, -0.15) is 0 Å². The van der Waals surface area contributed by atoms with Gasteiger partial charge in [0.05, 0.1) is 5.52 Å². The molecule has 3 aromatic rings. The van der Waals surface area contributed by atoms with Gasteiger partial charge in [0.15, 0.2) is 0 Å². The van der Waals surface area contributed by atoms with Crippen LogP contribution in [0.1, 0.15) is 41.6 Å². The Morgan fingerprint density at radius 2 is 1.61 bits per heavy atom. The molecule has 0 unspecified atom stereocenters. The number of hydrazine groups is 1. The number of para-hydroxylation sites is 1. The topological polar surface area (TPSA) is 74.3 Å². The van der Waals surface area contributed by atoms with Gasteiger partial charge in [-0.05, 0) is 57.2 Å². The fourth-order valence-electron chi connectivity index (χ4n) is 3.09. The van der Waals surface area contributed by atoms with Gasteiger partial charge in [0.2, 0.25) is 0 Å². The summed E-state index contributed by atoms with van der Waals surface area (Å²) in [6.45, 7) is 7.23. The summed E-state index contributed by atoms with van der Waals surface area (Å²) in [7, 11) is 0. The van der Waals surface area contributed by atoms with Gasteiger partial charge < -0.3 is 4.90 Å². The molecule has 0 aliphatic carbocycles. The minimum atomic E-state index is -0.465. The molecule has 2 amide bonds. The summed E-state index contributed by atoms with van der Waals surface area (Å²) in [5, 5.41) is 0.950. The minimum absolute atomic E-state index is 0.241. The van der Waals surface area contributed by atoms with E-state index < -0.39 is 5.91 Å². The summed E-state index contributed by atoms with van der Waals surface area (Å²) < 4.78 is 0. The van der Waals surface area contributed by atoms with E-state index in [1.807, 2.05) is 42.5 Å². The molecule has 144 valence electrons. The molecular weight excluding hydrogens is 352 g/mol. The highest BCUT2D eigenvalue weighted by Crippen LogP contribution is 2.17. The average molecular weight is 376 g/mol. The standard InChI is InChI=1S/C22H24N4O2/c1-4-26(15(2)3)18-12-9-17(10-13-18)21(27)24-25-22(28)20-14-11-16-7-5-6-8-19(16)23-20/h5-15H,4H2,1-3H3,(H,24,27)(H,25,28). The van der Waals surface area contributed by atoms with Crippen LogP contribution in [0, 0.1) is 0 Å². The van der Waals surface area contributed by atoms with Crippen molar-refractivity contribution < 1.29 is 9.59 Å². The van der Waals surface area contributed by atoms with E-state index in [0.717, 1.165) is 23.1 Å². The lowest BCUT2D eigenvalue weighted by atomic mass is 10.1. The second kappa shape index (κ2) is 8.52. The van der Waals surface area contributed by atoms with E-state index in [0.29, 0.717) is 11.6 Å². The molecule has 0 bridgehead atoms. The monoisotopic (exact) mass is 376 g/mol. The third kappa shape index (κ3) is 4.28. The number of carbonyl (C=O) groups is 2. The summed E-state index contributed by atoms with van der Waals surface area (Å²) in [5.74, 6) is -0.846. The van der Waals surface area contributed by atoms with E-state index in [-0.39, 0.29) is 11.6 Å². The number of carbonyl (C=O) groups excluding carboxylic acids is 2. The number of anilines is 1. The van der Waals surface area contributed by atoms with Crippen molar-refractivity contribution in [3.05, 3.63) is 71.9 Å². The van der Waals surface area contributed by atoms with E-state index in [4.69, 9.17) is 0 Å². The van der Waals surface area contributed by atoms with Crippen molar-refractivity contribution in [1.82, 2.24) is 15.8 Å². The number of rotatable bonds is 5. The predicted octanol–water partition coefficient (Wildman–Crippen LogP) is 3.54. The second-order valence-corrected chi connectivity index (χ2v) is 6.72. The van der Waals surface area contributed by atoms with Crippen LogP contribution in [0.3, 0.4) is 0 Å². The van der Waals surface area contributed by atoms with Gasteiger partial charge in [0, 0.05) is 29.2 Å². The van der Waals surface area contributed by atoms with Gasteiger partial charge in [-0.3, -0.25) is 20.4 Å². The zero-order valence-electron chi connectivity index (χ0n) is 16.3. The smallest absolute Gasteiger partial charge is 0.288 e. The summed E-state index contributed by atoms with van der Waals surface area (Å²) in [5.41, 5.74) is 7.34. The van der Waals surface area contributed by atoms with Gasteiger partial charge in [0.25, 0.3) is 11.8 Å². The number of hydrogen-bond donors (Lipinski definition) is 2. The first-order valence-electron chi connectivity index (χ1n) is 9.32. The predicted molar refractivity (Wildman–Crippen MR) is 111 cm³/mol. The number of nitrogens with zero attached hydrogens (tertiary/aromatic N) is 2. The Morgan fingerprint density at radius 1 is 0.929 bits per heavy atom. The maximum Gasteiger partial charge on any atom is 0.288 e. The lowest BCUT2D eigenvalue weighted by molar-refractivity contribution is 0.0844. The largest absolute Gasteiger partial charge is 0.369 e. The molecule has 6 nitrogen and oxygen atoms in total. The highest BCUT2D eigenvalue weighted by atomic mass is 16.2. The van der Waals surface area contributed by atoms with E-state index in [1.165, 1.54) is 0 Å². The first-order chi connectivity index (χ1) is 13.5. The van der Waals surface area contributed by atoms with Crippen molar-refractivity contribution >= 4 is 28.4 Å². The number of pyridine rings is 1. The van der Waals surface area contributed by atoms with Gasteiger partial charge in [0.1, 0.15) is 5.69 Å². The number of fused-ring (bicyclic) bond motifs is 1. The van der Waals surface area contributed by atoms with Crippen molar-refractivity contribution in [1.29, 1.82) is 0 Å². The zero-order valence-corrected chi connectivity index (χ0v) is 16.3. The lowest BCUT2D eigenvalue weighted by Gasteiger charge is -2.27. The molecule has 1 heterocycles. The molecule has 1 aromatic heterocycles. The Labute approximate surface area is 164 Å². The molecule has 0 fully saturated rings. The molecule has 6 heteroatoms. The zero-order chi connectivity index (χ0) is 20.1. The van der Waals surface area contributed by atoms with Crippen molar-refractivity contribution in [2.45, 2.75) is 26.8 Å². The first-order valence-corrected chi connectivity index (χ1v) is 9.32.